The molecule has 1 fully saturated rings. The Morgan fingerprint density at radius 2 is 1.74 bits per heavy atom. The van der Waals surface area contributed by atoms with Crippen LogP contribution in [-0.4, -0.2) is 67.6 Å². The standard InChI is InChI=1S/C30H31ClFN5O6/c31-27-21(6-3-7-23(27)32)22-17-35(30(43)37(28(22)41)13-4-9-26(39)40)18-25(38)34-14-11-20(12-15-34)36-16-10-19-5-1-2-8-24(19)33-29(36)42/h1-3,5-8,17,20H,4,9-16,18H2,(H,33,42)(H,39,40). The van der Waals surface area contributed by atoms with Crippen LogP contribution < -0.4 is 16.6 Å². The minimum atomic E-state index is -1.08. The predicted molar refractivity (Wildman–Crippen MR) is 158 cm³/mol. The SMILES string of the molecule is O=C(O)CCCn1c(=O)c(-c2cccc(F)c2Cl)cn(CC(=O)N2CCC(N3CCc4ccccc4NC3=O)CC2)c1=O. The number of anilines is 1. The number of carboxylic acids is 1. The van der Waals surface area contributed by atoms with Gasteiger partial charge in [-0.25, -0.2) is 14.0 Å². The van der Waals surface area contributed by atoms with Gasteiger partial charge in [0.15, 0.2) is 0 Å². The highest BCUT2D eigenvalue weighted by molar-refractivity contribution is 6.33. The number of halogens is 2. The Bertz CT molecular complexity index is 1680. The number of aromatic nitrogens is 2. The Balaban J connectivity index is 1.32. The van der Waals surface area contributed by atoms with Gasteiger partial charge in [0.2, 0.25) is 5.91 Å². The smallest absolute Gasteiger partial charge is 0.331 e. The maximum absolute atomic E-state index is 14.2. The Labute approximate surface area is 251 Å². The summed E-state index contributed by atoms with van der Waals surface area (Å²) in [6, 6.07) is 11.4. The van der Waals surface area contributed by atoms with Gasteiger partial charge in [-0.05, 0) is 43.4 Å². The molecule has 0 bridgehead atoms. The van der Waals surface area contributed by atoms with E-state index in [2.05, 4.69) is 5.32 Å². The van der Waals surface area contributed by atoms with Crippen molar-refractivity contribution in [2.75, 3.05) is 25.0 Å². The first-order valence-corrected chi connectivity index (χ1v) is 14.5. The second-order valence-electron chi connectivity index (χ2n) is 10.7. The molecular weight excluding hydrogens is 581 g/mol. The first-order valence-electron chi connectivity index (χ1n) is 14.1. The molecule has 0 atom stereocenters. The molecule has 0 unspecified atom stereocenters. The molecule has 0 saturated carbocycles. The molecule has 2 aliphatic heterocycles. The van der Waals surface area contributed by atoms with Crippen LogP contribution in [0.15, 0.2) is 58.3 Å². The summed E-state index contributed by atoms with van der Waals surface area (Å²) in [6.45, 7) is 0.714. The zero-order chi connectivity index (χ0) is 30.7. The van der Waals surface area contributed by atoms with Crippen molar-refractivity contribution >= 4 is 35.2 Å². The molecule has 1 aromatic heterocycles. The lowest BCUT2D eigenvalue weighted by Gasteiger charge is -2.38. The highest BCUT2D eigenvalue weighted by Gasteiger charge is 2.31. The third-order valence-electron chi connectivity index (χ3n) is 7.96. The van der Waals surface area contributed by atoms with Gasteiger partial charge in [-0.1, -0.05) is 41.9 Å². The lowest BCUT2D eigenvalue weighted by atomic mass is 10.0. The number of fused-ring (bicyclic) bond motifs is 1. The van der Waals surface area contributed by atoms with Gasteiger partial charge in [-0.3, -0.25) is 23.5 Å². The summed E-state index contributed by atoms with van der Waals surface area (Å²) in [4.78, 5) is 67.3. The largest absolute Gasteiger partial charge is 0.481 e. The Morgan fingerprint density at radius 3 is 2.49 bits per heavy atom. The quantitative estimate of drug-likeness (QED) is 0.401. The number of benzene rings is 2. The molecule has 0 aliphatic carbocycles. The molecule has 3 amide bonds. The summed E-state index contributed by atoms with van der Waals surface area (Å²) in [5.74, 6) is -2.20. The van der Waals surface area contributed by atoms with Crippen molar-refractivity contribution in [1.29, 1.82) is 0 Å². The Morgan fingerprint density at radius 1 is 1.00 bits per heavy atom. The summed E-state index contributed by atoms with van der Waals surface area (Å²) in [6.07, 6.45) is 2.76. The van der Waals surface area contributed by atoms with E-state index in [1.807, 2.05) is 29.2 Å². The van der Waals surface area contributed by atoms with Gasteiger partial charge in [-0.2, -0.15) is 0 Å². The monoisotopic (exact) mass is 611 g/mol. The molecule has 1 saturated heterocycles. The molecular formula is C30H31ClFN5O6. The van der Waals surface area contributed by atoms with Crippen molar-refractivity contribution in [3.63, 3.8) is 0 Å². The second kappa shape index (κ2) is 12.8. The number of carbonyl (C=O) groups excluding carboxylic acids is 2. The third-order valence-corrected chi connectivity index (χ3v) is 8.34. The zero-order valence-corrected chi connectivity index (χ0v) is 24.1. The van der Waals surface area contributed by atoms with Crippen LogP contribution in [0, 0.1) is 5.82 Å². The van der Waals surface area contributed by atoms with E-state index in [0.29, 0.717) is 32.5 Å². The van der Waals surface area contributed by atoms with Gasteiger partial charge >= 0.3 is 17.7 Å². The number of hydrogen-bond acceptors (Lipinski definition) is 5. The molecule has 13 heteroatoms. The van der Waals surface area contributed by atoms with Gasteiger partial charge in [0, 0.05) is 56.1 Å². The lowest BCUT2D eigenvalue weighted by Crippen LogP contribution is -2.51. The van der Waals surface area contributed by atoms with E-state index in [4.69, 9.17) is 16.7 Å². The van der Waals surface area contributed by atoms with Crippen molar-refractivity contribution < 1.29 is 23.9 Å². The number of likely N-dealkylation sites (tertiary alicyclic amines) is 1. The number of hydrogen-bond donors (Lipinski definition) is 2. The molecule has 0 spiro atoms. The van der Waals surface area contributed by atoms with E-state index in [1.165, 1.54) is 18.3 Å². The third kappa shape index (κ3) is 6.48. The minimum Gasteiger partial charge on any atom is -0.481 e. The van der Waals surface area contributed by atoms with E-state index >= 15 is 0 Å². The first kappa shape index (κ1) is 30.0. The number of nitrogens with one attached hydrogen (secondary N) is 1. The second-order valence-corrected chi connectivity index (χ2v) is 11.0. The van der Waals surface area contributed by atoms with Gasteiger partial charge in [0.25, 0.3) is 5.56 Å². The van der Waals surface area contributed by atoms with Crippen LogP contribution in [0.1, 0.15) is 31.2 Å². The van der Waals surface area contributed by atoms with Gasteiger partial charge in [0.1, 0.15) is 12.4 Å². The highest BCUT2D eigenvalue weighted by atomic mass is 35.5. The minimum absolute atomic E-state index is 0.00142. The summed E-state index contributed by atoms with van der Waals surface area (Å²) >= 11 is 6.15. The van der Waals surface area contributed by atoms with Crippen molar-refractivity contribution in [3.05, 3.63) is 85.9 Å². The molecule has 11 nitrogen and oxygen atoms in total. The van der Waals surface area contributed by atoms with Crippen molar-refractivity contribution in [2.24, 2.45) is 0 Å². The zero-order valence-electron chi connectivity index (χ0n) is 23.3. The van der Waals surface area contributed by atoms with Gasteiger partial charge < -0.3 is 20.2 Å². The Hall–Kier alpha value is -4.45. The van der Waals surface area contributed by atoms with Crippen molar-refractivity contribution in [2.45, 2.75) is 51.2 Å². The van der Waals surface area contributed by atoms with Gasteiger partial charge in [-0.15, -0.1) is 0 Å². The van der Waals surface area contributed by atoms with Crippen LogP contribution in [0.3, 0.4) is 0 Å². The van der Waals surface area contributed by atoms with E-state index in [1.54, 1.807) is 4.90 Å². The molecule has 3 heterocycles. The highest BCUT2D eigenvalue weighted by Crippen LogP contribution is 2.28. The van der Waals surface area contributed by atoms with E-state index < -0.39 is 23.0 Å². The van der Waals surface area contributed by atoms with Crippen molar-refractivity contribution in [1.82, 2.24) is 18.9 Å². The number of carbonyl (C=O) groups is 3. The molecule has 43 heavy (non-hydrogen) atoms. The Kier molecular flexibility index (Phi) is 8.95. The first-order chi connectivity index (χ1) is 20.6. The van der Waals surface area contributed by atoms with Gasteiger partial charge in [0.05, 0.1) is 10.6 Å². The fourth-order valence-electron chi connectivity index (χ4n) is 5.66. The van der Waals surface area contributed by atoms with Crippen molar-refractivity contribution in [3.8, 4) is 11.1 Å². The fraction of sp³-hybridized carbons (Fsp3) is 0.367. The topological polar surface area (TPSA) is 134 Å². The number of carboxylic acid groups (broad SMARTS) is 1. The number of rotatable bonds is 8. The van der Waals surface area contributed by atoms with Crippen LogP contribution >= 0.6 is 11.6 Å². The molecule has 226 valence electrons. The number of nitrogens with zero attached hydrogens (tertiary/aromatic N) is 4. The maximum Gasteiger partial charge on any atom is 0.331 e. The number of para-hydroxylation sites is 1. The number of amides is 3. The molecule has 3 aromatic rings. The summed E-state index contributed by atoms with van der Waals surface area (Å²) in [5.41, 5.74) is 0.300. The molecule has 2 N–H and O–H groups in total. The number of piperidine rings is 1. The number of urea groups is 1. The van der Waals surface area contributed by atoms with E-state index in [-0.39, 0.29) is 60.1 Å². The lowest BCUT2D eigenvalue weighted by molar-refractivity contribution is -0.137. The normalized spacial score (nSPS) is 15.5. The van der Waals surface area contributed by atoms with Crippen LogP contribution in [0.5, 0.6) is 0 Å². The molecule has 2 aliphatic rings. The average Bonchev–Trinajstić information content (AvgIpc) is 3.15. The molecule has 0 radical (unpaired) electrons. The van der Waals surface area contributed by atoms with Crippen LogP contribution in [-0.2, 0) is 29.1 Å². The molecule has 5 rings (SSSR count). The summed E-state index contributed by atoms with van der Waals surface area (Å²) < 4.78 is 16.2. The van der Waals surface area contributed by atoms with Crippen LogP contribution in [0.2, 0.25) is 5.02 Å². The van der Waals surface area contributed by atoms with Crippen LogP contribution in [0.25, 0.3) is 11.1 Å². The molecule has 2 aromatic carbocycles. The predicted octanol–water partition coefficient (Wildman–Crippen LogP) is 3.42. The van der Waals surface area contributed by atoms with E-state index in [0.717, 1.165) is 32.9 Å². The maximum atomic E-state index is 14.2. The van der Waals surface area contributed by atoms with E-state index in [9.17, 15) is 28.4 Å². The summed E-state index contributed by atoms with van der Waals surface area (Å²) in [5, 5.41) is 11.7. The number of aliphatic carboxylic acids is 1. The summed E-state index contributed by atoms with van der Waals surface area (Å²) in [7, 11) is 0. The van der Waals surface area contributed by atoms with Crippen LogP contribution in [0.4, 0.5) is 14.9 Å². The fourth-order valence-corrected chi connectivity index (χ4v) is 5.89. The average molecular weight is 612 g/mol.